The Morgan fingerprint density at radius 1 is 1.13 bits per heavy atom. The number of amides is 1. The Hall–Kier alpha value is -2.69. The van der Waals surface area contributed by atoms with Gasteiger partial charge in [-0.05, 0) is 36.2 Å². The molecular formula is C18H17NO4. The van der Waals surface area contributed by atoms with Crippen LogP contribution in [0, 0.1) is 0 Å². The van der Waals surface area contributed by atoms with E-state index in [-0.39, 0.29) is 18.7 Å². The van der Waals surface area contributed by atoms with Crippen LogP contribution in [-0.4, -0.2) is 18.8 Å². The molecule has 2 aliphatic heterocycles. The molecule has 2 unspecified atom stereocenters. The zero-order chi connectivity index (χ0) is 15.8. The first-order chi connectivity index (χ1) is 11.2. The van der Waals surface area contributed by atoms with Gasteiger partial charge in [-0.25, -0.2) is 0 Å². The van der Waals surface area contributed by atoms with Crippen molar-refractivity contribution >= 4 is 5.91 Å². The lowest BCUT2D eigenvalue weighted by atomic mass is 10.1. The summed E-state index contributed by atoms with van der Waals surface area (Å²) in [5.41, 5.74) is 2.04. The van der Waals surface area contributed by atoms with E-state index in [1.807, 2.05) is 49.4 Å². The minimum absolute atomic E-state index is 0.105. The summed E-state index contributed by atoms with van der Waals surface area (Å²) in [5.74, 6) is 2.14. The van der Waals surface area contributed by atoms with Gasteiger partial charge in [0.2, 0.25) is 6.79 Å². The monoisotopic (exact) mass is 311 g/mol. The second kappa shape index (κ2) is 5.50. The van der Waals surface area contributed by atoms with Crippen LogP contribution in [0.2, 0.25) is 0 Å². The van der Waals surface area contributed by atoms with Gasteiger partial charge in [0, 0.05) is 6.42 Å². The number of ether oxygens (including phenoxy) is 3. The third-order valence-corrected chi connectivity index (χ3v) is 4.19. The lowest BCUT2D eigenvalue weighted by Gasteiger charge is -2.17. The van der Waals surface area contributed by atoms with Crippen molar-refractivity contribution < 1.29 is 19.0 Å². The molecule has 0 aromatic heterocycles. The van der Waals surface area contributed by atoms with Gasteiger partial charge in [0.15, 0.2) is 17.6 Å². The molecule has 0 aliphatic carbocycles. The van der Waals surface area contributed by atoms with Gasteiger partial charge < -0.3 is 19.5 Å². The normalized spacial score (nSPS) is 18.9. The molecule has 2 aliphatic rings. The first-order valence-corrected chi connectivity index (χ1v) is 7.65. The van der Waals surface area contributed by atoms with Gasteiger partial charge >= 0.3 is 0 Å². The van der Waals surface area contributed by atoms with Gasteiger partial charge in [0.1, 0.15) is 5.75 Å². The fourth-order valence-electron chi connectivity index (χ4n) is 2.90. The smallest absolute Gasteiger partial charge is 0.261 e. The second-order valence-corrected chi connectivity index (χ2v) is 5.76. The van der Waals surface area contributed by atoms with E-state index >= 15 is 0 Å². The fraction of sp³-hybridized carbons (Fsp3) is 0.278. The molecule has 0 spiro atoms. The van der Waals surface area contributed by atoms with Crippen LogP contribution < -0.4 is 19.5 Å². The van der Waals surface area contributed by atoms with Crippen molar-refractivity contribution in [2.75, 3.05) is 6.79 Å². The van der Waals surface area contributed by atoms with E-state index < -0.39 is 6.10 Å². The number of carbonyl (C=O) groups is 1. The number of rotatable bonds is 3. The van der Waals surface area contributed by atoms with E-state index in [1.165, 1.54) is 0 Å². The third-order valence-electron chi connectivity index (χ3n) is 4.19. The summed E-state index contributed by atoms with van der Waals surface area (Å²) in [6.07, 6.45) is 0.138. The van der Waals surface area contributed by atoms with Crippen LogP contribution in [-0.2, 0) is 11.2 Å². The number of benzene rings is 2. The van der Waals surface area contributed by atoms with Crippen molar-refractivity contribution in [3.05, 3.63) is 53.6 Å². The SMILES string of the molecule is CC(NC(=O)C1Cc2ccccc2O1)c1ccc2c(c1)OCO2. The van der Waals surface area contributed by atoms with Crippen molar-refractivity contribution in [1.82, 2.24) is 5.32 Å². The van der Waals surface area contributed by atoms with Crippen LogP contribution in [0.3, 0.4) is 0 Å². The molecule has 2 atom stereocenters. The van der Waals surface area contributed by atoms with Crippen molar-refractivity contribution in [2.24, 2.45) is 0 Å². The maximum Gasteiger partial charge on any atom is 0.261 e. The topological polar surface area (TPSA) is 56.8 Å². The number of para-hydroxylation sites is 1. The zero-order valence-corrected chi connectivity index (χ0v) is 12.7. The fourth-order valence-corrected chi connectivity index (χ4v) is 2.90. The maximum absolute atomic E-state index is 12.4. The molecule has 0 saturated heterocycles. The predicted molar refractivity (Wildman–Crippen MR) is 83.7 cm³/mol. The molecule has 2 aromatic rings. The summed E-state index contributed by atoms with van der Waals surface area (Å²) in [4.78, 5) is 12.4. The van der Waals surface area contributed by atoms with E-state index in [1.54, 1.807) is 0 Å². The summed E-state index contributed by atoms with van der Waals surface area (Å²) in [7, 11) is 0. The summed E-state index contributed by atoms with van der Waals surface area (Å²) in [6, 6.07) is 13.3. The van der Waals surface area contributed by atoms with Crippen LogP contribution in [0.15, 0.2) is 42.5 Å². The number of fused-ring (bicyclic) bond motifs is 2. The average molecular weight is 311 g/mol. The van der Waals surface area contributed by atoms with Crippen LogP contribution in [0.1, 0.15) is 24.1 Å². The summed E-state index contributed by atoms with van der Waals surface area (Å²) < 4.78 is 16.4. The Kier molecular flexibility index (Phi) is 3.33. The molecule has 2 aromatic carbocycles. The molecule has 5 nitrogen and oxygen atoms in total. The van der Waals surface area contributed by atoms with Gasteiger partial charge in [-0.15, -0.1) is 0 Å². The standard InChI is InChI=1S/C18H17NO4/c1-11(12-6-7-15-16(8-12)22-10-21-15)19-18(20)17-9-13-4-2-3-5-14(13)23-17/h2-8,11,17H,9-10H2,1H3,(H,19,20). The number of nitrogens with one attached hydrogen (secondary N) is 1. The van der Waals surface area contributed by atoms with Gasteiger partial charge in [0.25, 0.3) is 5.91 Å². The van der Waals surface area contributed by atoms with Crippen LogP contribution >= 0.6 is 0 Å². The van der Waals surface area contributed by atoms with Crippen LogP contribution in [0.5, 0.6) is 17.2 Å². The van der Waals surface area contributed by atoms with Gasteiger partial charge in [-0.2, -0.15) is 0 Å². The highest BCUT2D eigenvalue weighted by Gasteiger charge is 2.29. The van der Waals surface area contributed by atoms with Gasteiger partial charge in [-0.3, -0.25) is 4.79 Å². The first-order valence-electron chi connectivity index (χ1n) is 7.65. The predicted octanol–water partition coefficient (Wildman–Crippen LogP) is 2.60. The second-order valence-electron chi connectivity index (χ2n) is 5.76. The molecule has 2 heterocycles. The number of carbonyl (C=O) groups excluding carboxylic acids is 1. The quantitative estimate of drug-likeness (QED) is 0.946. The molecule has 4 rings (SSSR count). The van der Waals surface area contributed by atoms with E-state index in [0.717, 1.165) is 22.6 Å². The van der Waals surface area contributed by atoms with Crippen LogP contribution in [0.25, 0.3) is 0 Å². The summed E-state index contributed by atoms with van der Waals surface area (Å²) in [6.45, 7) is 2.19. The molecule has 1 amide bonds. The van der Waals surface area contributed by atoms with E-state index in [2.05, 4.69) is 5.32 Å². The lowest BCUT2D eigenvalue weighted by molar-refractivity contribution is -0.127. The minimum atomic E-state index is -0.469. The highest BCUT2D eigenvalue weighted by molar-refractivity contribution is 5.83. The number of hydrogen-bond donors (Lipinski definition) is 1. The Bertz CT molecular complexity index is 733. The summed E-state index contributed by atoms with van der Waals surface area (Å²) >= 11 is 0. The minimum Gasteiger partial charge on any atom is -0.480 e. The molecule has 0 fully saturated rings. The van der Waals surface area contributed by atoms with Gasteiger partial charge in [-0.1, -0.05) is 24.3 Å². The molecule has 23 heavy (non-hydrogen) atoms. The van der Waals surface area contributed by atoms with E-state index in [4.69, 9.17) is 14.2 Å². The van der Waals surface area contributed by atoms with Crippen molar-refractivity contribution in [1.29, 1.82) is 0 Å². The highest BCUT2D eigenvalue weighted by atomic mass is 16.7. The maximum atomic E-state index is 12.4. The molecule has 1 N–H and O–H groups in total. The largest absolute Gasteiger partial charge is 0.480 e. The van der Waals surface area contributed by atoms with E-state index in [0.29, 0.717) is 12.2 Å². The Morgan fingerprint density at radius 3 is 2.83 bits per heavy atom. The zero-order valence-electron chi connectivity index (χ0n) is 12.7. The van der Waals surface area contributed by atoms with Crippen molar-refractivity contribution in [3.8, 4) is 17.2 Å². The third kappa shape index (κ3) is 2.59. The molecule has 118 valence electrons. The van der Waals surface area contributed by atoms with E-state index in [9.17, 15) is 4.79 Å². The lowest BCUT2D eigenvalue weighted by Crippen LogP contribution is -2.38. The molecular weight excluding hydrogens is 294 g/mol. The Morgan fingerprint density at radius 2 is 1.96 bits per heavy atom. The Balaban J connectivity index is 1.43. The molecule has 0 radical (unpaired) electrons. The van der Waals surface area contributed by atoms with Crippen LogP contribution in [0.4, 0.5) is 0 Å². The average Bonchev–Trinajstić information content (AvgIpc) is 3.20. The van der Waals surface area contributed by atoms with Crippen molar-refractivity contribution in [2.45, 2.75) is 25.5 Å². The summed E-state index contributed by atoms with van der Waals surface area (Å²) in [5, 5.41) is 3.00. The van der Waals surface area contributed by atoms with Gasteiger partial charge in [0.05, 0.1) is 6.04 Å². The number of hydrogen-bond acceptors (Lipinski definition) is 4. The molecule has 5 heteroatoms. The van der Waals surface area contributed by atoms with Crippen molar-refractivity contribution in [3.63, 3.8) is 0 Å². The highest BCUT2D eigenvalue weighted by Crippen LogP contribution is 2.34. The molecule has 0 saturated carbocycles. The molecule has 0 bridgehead atoms. The first kappa shape index (κ1) is 13.9. The Labute approximate surface area is 134 Å².